The standard InChI is InChI=1S/C16H17O3P/c1-16(2,11-17)20(18)15-10-6-4-8-13(15)12-7-3-5-9-14(12)19-20/h3-10,17H,11H2,1-2H3. The van der Waals surface area contributed by atoms with Crippen molar-refractivity contribution in [3.63, 3.8) is 0 Å². The second-order valence-corrected chi connectivity index (χ2v) is 8.60. The summed E-state index contributed by atoms with van der Waals surface area (Å²) in [6, 6.07) is 15.2. The summed E-state index contributed by atoms with van der Waals surface area (Å²) in [7, 11) is -3.19. The zero-order valence-corrected chi connectivity index (χ0v) is 12.4. The number of hydrogen-bond acceptors (Lipinski definition) is 3. The first-order valence-electron chi connectivity index (χ1n) is 6.59. The highest BCUT2D eigenvalue weighted by molar-refractivity contribution is 7.69. The van der Waals surface area contributed by atoms with Crippen LogP contribution < -0.4 is 9.83 Å². The van der Waals surface area contributed by atoms with E-state index in [9.17, 15) is 9.67 Å². The Morgan fingerprint density at radius 3 is 2.35 bits per heavy atom. The normalized spacial score (nSPS) is 20.8. The van der Waals surface area contributed by atoms with E-state index in [1.54, 1.807) is 13.8 Å². The van der Waals surface area contributed by atoms with Crippen LogP contribution in [-0.4, -0.2) is 16.9 Å². The van der Waals surface area contributed by atoms with Crippen molar-refractivity contribution in [3.05, 3.63) is 48.5 Å². The average Bonchev–Trinajstić information content (AvgIpc) is 2.47. The van der Waals surface area contributed by atoms with Crippen molar-refractivity contribution >= 4 is 12.7 Å². The summed E-state index contributed by atoms with van der Waals surface area (Å²) in [5.74, 6) is 0.621. The number of hydrogen-bond donors (Lipinski definition) is 1. The quantitative estimate of drug-likeness (QED) is 0.861. The molecule has 1 N–H and O–H groups in total. The molecular weight excluding hydrogens is 271 g/mol. The van der Waals surface area contributed by atoms with Crippen LogP contribution in [0.5, 0.6) is 5.75 Å². The lowest BCUT2D eigenvalue weighted by atomic mass is 10.0. The van der Waals surface area contributed by atoms with Crippen LogP contribution >= 0.6 is 7.37 Å². The predicted molar refractivity (Wildman–Crippen MR) is 80.9 cm³/mol. The van der Waals surface area contributed by atoms with E-state index in [1.807, 2.05) is 48.5 Å². The summed E-state index contributed by atoms with van der Waals surface area (Å²) in [6.45, 7) is 3.36. The Labute approximate surface area is 118 Å². The SMILES string of the molecule is CC(C)(CO)P1(=O)Oc2ccccc2-c2ccccc21. The highest BCUT2D eigenvalue weighted by Gasteiger charge is 2.48. The first-order valence-corrected chi connectivity index (χ1v) is 8.22. The molecule has 1 unspecified atom stereocenters. The lowest BCUT2D eigenvalue weighted by Gasteiger charge is -2.37. The monoisotopic (exact) mass is 288 g/mol. The summed E-state index contributed by atoms with van der Waals surface area (Å²) >= 11 is 0. The Bertz CT molecular complexity index is 706. The van der Waals surface area contributed by atoms with Gasteiger partial charge >= 0.3 is 0 Å². The number of aliphatic hydroxyl groups excluding tert-OH is 1. The topological polar surface area (TPSA) is 46.5 Å². The van der Waals surface area contributed by atoms with Crippen LogP contribution in [0.3, 0.4) is 0 Å². The highest BCUT2D eigenvalue weighted by Crippen LogP contribution is 2.62. The molecule has 3 nitrogen and oxygen atoms in total. The minimum Gasteiger partial charge on any atom is -0.439 e. The fourth-order valence-corrected chi connectivity index (χ4v) is 4.87. The number of rotatable bonds is 2. The van der Waals surface area contributed by atoms with E-state index >= 15 is 0 Å². The Kier molecular flexibility index (Phi) is 3.00. The van der Waals surface area contributed by atoms with Crippen molar-refractivity contribution < 1.29 is 14.2 Å². The molecule has 0 fully saturated rings. The van der Waals surface area contributed by atoms with Gasteiger partial charge in [0.15, 0.2) is 0 Å². The smallest absolute Gasteiger partial charge is 0.285 e. The molecule has 20 heavy (non-hydrogen) atoms. The second kappa shape index (κ2) is 4.47. The Hall–Kier alpha value is -1.57. The van der Waals surface area contributed by atoms with E-state index in [0.29, 0.717) is 11.1 Å². The van der Waals surface area contributed by atoms with Crippen LogP contribution in [0.1, 0.15) is 13.8 Å². The number of benzene rings is 2. The second-order valence-electron chi connectivity index (χ2n) is 5.63. The van der Waals surface area contributed by atoms with Crippen molar-refractivity contribution in [1.82, 2.24) is 0 Å². The first kappa shape index (κ1) is 13.4. The molecule has 1 atom stereocenters. The van der Waals surface area contributed by atoms with Crippen LogP contribution in [0.4, 0.5) is 0 Å². The van der Waals surface area contributed by atoms with Crippen molar-refractivity contribution in [2.45, 2.75) is 19.0 Å². The molecule has 1 aliphatic heterocycles. The van der Waals surface area contributed by atoms with Gasteiger partial charge in [-0.15, -0.1) is 0 Å². The number of para-hydroxylation sites is 1. The minimum atomic E-state index is -3.19. The van der Waals surface area contributed by atoms with Gasteiger partial charge in [0.1, 0.15) is 5.75 Å². The maximum atomic E-state index is 13.5. The molecule has 1 heterocycles. The van der Waals surface area contributed by atoms with Gasteiger partial charge in [-0.3, -0.25) is 4.57 Å². The van der Waals surface area contributed by atoms with Crippen molar-refractivity contribution in [1.29, 1.82) is 0 Å². The molecule has 4 heteroatoms. The highest BCUT2D eigenvalue weighted by atomic mass is 31.2. The van der Waals surface area contributed by atoms with Gasteiger partial charge in [0, 0.05) is 5.56 Å². The summed E-state index contributed by atoms with van der Waals surface area (Å²) < 4.78 is 19.4. The molecule has 3 rings (SSSR count). The first-order chi connectivity index (χ1) is 9.49. The van der Waals surface area contributed by atoms with Crippen LogP contribution in [0.2, 0.25) is 0 Å². The van der Waals surface area contributed by atoms with Gasteiger partial charge in [-0.25, -0.2) is 0 Å². The lowest BCUT2D eigenvalue weighted by Crippen LogP contribution is -2.35. The third kappa shape index (κ3) is 1.74. The fraction of sp³-hybridized carbons (Fsp3) is 0.250. The summed E-state index contributed by atoms with van der Waals surface area (Å²) in [4.78, 5) is 0. The van der Waals surface area contributed by atoms with Gasteiger partial charge in [-0.1, -0.05) is 36.4 Å². The predicted octanol–water partition coefficient (Wildman–Crippen LogP) is 3.42. The molecule has 0 spiro atoms. The minimum absolute atomic E-state index is 0.194. The summed E-state index contributed by atoms with van der Waals surface area (Å²) in [6.07, 6.45) is 0. The van der Waals surface area contributed by atoms with E-state index in [4.69, 9.17) is 4.52 Å². The van der Waals surface area contributed by atoms with Gasteiger partial charge in [0.25, 0.3) is 7.37 Å². The molecule has 0 bridgehead atoms. The molecule has 0 saturated carbocycles. The van der Waals surface area contributed by atoms with E-state index in [2.05, 4.69) is 0 Å². The van der Waals surface area contributed by atoms with Crippen LogP contribution in [-0.2, 0) is 4.57 Å². The van der Waals surface area contributed by atoms with Gasteiger partial charge < -0.3 is 9.63 Å². The number of aliphatic hydroxyl groups is 1. The van der Waals surface area contributed by atoms with Crippen molar-refractivity contribution in [3.8, 4) is 16.9 Å². The van der Waals surface area contributed by atoms with E-state index in [1.165, 1.54) is 0 Å². The maximum absolute atomic E-state index is 13.5. The Morgan fingerprint density at radius 1 is 1.05 bits per heavy atom. The van der Waals surface area contributed by atoms with E-state index < -0.39 is 12.5 Å². The van der Waals surface area contributed by atoms with Crippen molar-refractivity contribution in [2.75, 3.05) is 6.61 Å². The van der Waals surface area contributed by atoms with Crippen molar-refractivity contribution in [2.24, 2.45) is 0 Å². The summed E-state index contributed by atoms with van der Waals surface area (Å²) in [5, 5.41) is 9.50. The Morgan fingerprint density at radius 2 is 1.65 bits per heavy atom. The zero-order valence-electron chi connectivity index (χ0n) is 11.5. The van der Waals surface area contributed by atoms with Gasteiger partial charge in [0.2, 0.25) is 0 Å². The molecule has 0 aromatic heterocycles. The van der Waals surface area contributed by atoms with Gasteiger partial charge in [0.05, 0.1) is 17.1 Å². The molecule has 1 aliphatic rings. The molecule has 2 aromatic carbocycles. The maximum Gasteiger partial charge on any atom is 0.285 e. The van der Waals surface area contributed by atoms with Crippen LogP contribution in [0.25, 0.3) is 11.1 Å². The third-order valence-corrected chi connectivity index (χ3v) is 7.02. The lowest BCUT2D eigenvalue weighted by molar-refractivity contribution is 0.250. The molecule has 2 aromatic rings. The average molecular weight is 288 g/mol. The van der Waals surface area contributed by atoms with Crippen LogP contribution in [0.15, 0.2) is 48.5 Å². The molecule has 0 radical (unpaired) electrons. The van der Waals surface area contributed by atoms with E-state index in [-0.39, 0.29) is 6.61 Å². The molecule has 104 valence electrons. The molecular formula is C16H17O3P. The fourth-order valence-electron chi connectivity index (χ4n) is 2.46. The summed E-state index contributed by atoms with van der Waals surface area (Å²) in [5.41, 5.74) is 1.88. The Balaban J connectivity index is 2.32. The van der Waals surface area contributed by atoms with Gasteiger partial charge in [-0.05, 0) is 31.5 Å². The zero-order chi connectivity index (χ0) is 14.4. The largest absolute Gasteiger partial charge is 0.439 e. The van der Waals surface area contributed by atoms with Crippen LogP contribution in [0, 0.1) is 0 Å². The van der Waals surface area contributed by atoms with Gasteiger partial charge in [-0.2, -0.15) is 0 Å². The molecule has 0 aliphatic carbocycles. The number of fused-ring (bicyclic) bond motifs is 3. The third-order valence-electron chi connectivity index (χ3n) is 3.81. The molecule has 0 amide bonds. The molecule has 0 saturated heterocycles. The van der Waals surface area contributed by atoms with E-state index in [0.717, 1.165) is 11.1 Å².